The van der Waals surface area contributed by atoms with Crippen LogP contribution in [0.5, 0.6) is 0 Å². The van der Waals surface area contributed by atoms with E-state index in [4.69, 9.17) is 18.0 Å². The number of nitrogens with two attached hydrogens (primary N) is 1. The third-order valence-electron chi connectivity index (χ3n) is 2.31. The van der Waals surface area contributed by atoms with Crippen LogP contribution < -0.4 is 5.73 Å². The summed E-state index contributed by atoms with van der Waals surface area (Å²) in [4.78, 5) is 14.0. The van der Waals surface area contributed by atoms with Crippen LogP contribution >= 0.6 is 28.1 Å². The first-order chi connectivity index (χ1) is 8.47. The third kappa shape index (κ3) is 3.74. The highest BCUT2D eigenvalue weighted by Gasteiger charge is 2.19. The lowest BCUT2D eigenvalue weighted by molar-refractivity contribution is 0.0778. The maximum Gasteiger partial charge on any atom is 0.255 e. The molecule has 1 amide bonds. The summed E-state index contributed by atoms with van der Waals surface area (Å²) in [6.45, 7) is 2.67. The minimum atomic E-state index is -0.465. The first-order valence-corrected chi connectivity index (χ1v) is 6.69. The van der Waals surface area contributed by atoms with Gasteiger partial charge in [-0.15, -0.1) is 0 Å². The van der Waals surface area contributed by atoms with Gasteiger partial charge in [-0.05, 0) is 34.5 Å². The summed E-state index contributed by atoms with van der Waals surface area (Å²) < 4.78 is 13.5. The molecule has 0 heterocycles. The van der Waals surface area contributed by atoms with E-state index in [2.05, 4.69) is 15.9 Å². The molecular formula is C12H14BrFN2OS. The van der Waals surface area contributed by atoms with Crippen LogP contribution in [-0.4, -0.2) is 28.9 Å². The molecule has 0 fully saturated rings. The zero-order valence-electron chi connectivity index (χ0n) is 9.95. The van der Waals surface area contributed by atoms with E-state index < -0.39 is 5.82 Å². The highest BCUT2D eigenvalue weighted by molar-refractivity contribution is 9.10. The number of halogens is 2. The van der Waals surface area contributed by atoms with Crippen LogP contribution in [0.4, 0.5) is 4.39 Å². The summed E-state index contributed by atoms with van der Waals surface area (Å²) in [6, 6.07) is 4.36. The molecule has 98 valence electrons. The molecular weight excluding hydrogens is 319 g/mol. The minimum Gasteiger partial charge on any atom is -0.392 e. The van der Waals surface area contributed by atoms with E-state index in [9.17, 15) is 9.18 Å². The van der Waals surface area contributed by atoms with E-state index in [1.54, 1.807) is 6.07 Å². The van der Waals surface area contributed by atoms with E-state index in [0.717, 1.165) is 6.42 Å². The van der Waals surface area contributed by atoms with Crippen molar-refractivity contribution in [2.24, 2.45) is 5.73 Å². The van der Waals surface area contributed by atoms with Gasteiger partial charge >= 0.3 is 0 Å². The second-order valence-corrected chi connectivity index (χ2v) is 5.11. The molecule has 0 spiro atoms. The highest BCUT2D eigenvalue weighted by Crippen LogP contribution is 2.21. The van der Waals surface area contributed by atoms with Gasteiger partial charge in [-0.2, -0.15) is 0 Å². The number of amides is 1. The average molecular weight is 333 g/mol. The van der Waals surface area contributed by atoms with Crippen molar-refractivity contribution in [3.8, 4) is 0 Å². The number of carbonyl (C=O) groups excluding carboxylic acids is 1. The van der Waals surface area contributed by atoms with Crippen molar-refractivity contribution < 1.29 is 9.18 Å². The molecule has 0 radical (unpaired) electrons. The predicted octanol–water partition coefficient (Wildman–Crippen LogP) is 2.73. The molecule has 0 aliphatic carbocycles. The van der Waals surface area contributed by atoms with E-state index in [0.29, 0.717) is 6.54 Å². The SMILES string of the molecule is CCCN(CC(N)=S)C(=O)c1cccc(F)c1Br. The fourth-order valence-electron chi connectivity index (χ4n) is 1.55. The van der Waals surface area contributed by atoms with Crippen molar-refractivity contribution >= 4 is 39.0 Å². The molecule has 0 aromatic heterocycles. The topological polar surface area (TPSA) is 46.3 Å². The third-order valence-corrected chi connectivity index (χ3v) is 3.24. The quantitative estimate of drug-likeness (QED) is 0.843. The number of hydrogen-bond donors (Lipinski definition) is 1. The van der Waals surface area contributed by atoms with Gasteiger partial charge in [0.25, 0.3) is 5.91 Å². The Morgan fingerprint density at radius 1 is 1.56 bits per heavy atom. The molecule has 0 saturated heterocycles. The summed E-state index contributed by atoms with van der Waals surface area (Å²) >= 11 is 7.89. The van der Waals surface area contributed by atoms with E-state index in [-0.39, 0.29) is 27.5 Å². The molecule has 18 heavy (non-hydrogen) atoms. The summed E-state index contributed by atoms with van der Waals surface area (Å²) in [5.74, 6) is -0.747. The fraction of sp³-hybridized carbons (Fsp3) is 0.333. The lowest BCUT2D eigenvalue weighted by Crippen LogP contribution is -2.38. The Morgan fingerprint density at radius 3 is 2.78 bits per heavy atom. The maximum absolute atomic E-state index is 13.4. The zero-order valence-corrected chi connectivity index (χ0v) is 12.4. The van der Waals surface area contributed by atoms with Gasteiger partial charge in [0.2, 0.25) is 0 Å². The van der Waals surface area contributed by atoms with Crippen molar-refractivity contribution in [1.82, 2.24) is 4.90 Å². The Balaban J connectivity index is 3.01. The molecule has 0 aliphatic rings. The Labute approximate surface area is 119 Å². The molecule has 3 nitrogen and oxygen atoms in total. The van der Waals surface area contributed by atoms with Crippen LogP contribution in [0.25, 0.3) is 0 Å². The molecule has 0 bridgehead atoms. The number of carbonyl (C=O) groups is 1. The van der Waals surface area contributed by atoms with Crippen LogP contribution in [0.2, 0.25) is 0 Å². The normalized spacial score (nSPS) is 10.2. The first-order valence-electron chi connectivity index (χ1n) is 5.49. The molecule has 0 saturated carbocycles. The lowest BCUT2D eigenvalue weighted by Gasteiger charge is -2.22. The van der Waals surface area contributed by atoms with Crippen LogP contribution in [0.3, 0.4) is 0 Å². The molecule has 0 aliphatic heterocycles. The fourth-order valence-corrected chi connectivity index (χ4v) is 2.14. The van der Waals surface area contributed by atoms with Crippen molar-refractivity contribution in [1.29, 1.82) is 0 Å². The van der Waals surface area contributed by atoms with Crippen molar-refractivity contribution in [2.45, 2.75) is 13.3 Å². The lowest BCUT2D eigenvalue weighted by atomic mass is 10.2. The van der Waals surface area contributed by atoms with E-state index in [1.807, 2.05) is 6.92 Å². The molecule has 0 unspecified atom stereocenters. The molecule has 6 heteroatoms. The number of nitrogens with zero attached hydrogens (tertiary/aromatic N) is 1. The van der Waals surface area contributed by atoms with Crippen LogP contribution in [0.1, 0.15) is 23.7 Å². The van der Waals surface area contributed by atoms with Crippen molar-refractivity contribution in [2.75, 3.05) is 13.1 Å². The minimum absolute atomic E-state index is 0.166. The van der Waals surface area contributed by atoms with Crippen LogP contribution in [-0.2, 0) is 0 Å². The van der Waals surface area contributed by atoms with Gasteiger partial charge in [0.1, 0.15) is 5.82 Å². The van der Waals surface area contributed by atoms with E-state index in [1.165, 1.54) is 17.0 Å². The second-order valence-electron chi connectivity index (χ2n) is 3.79. The van der Waals surface area contributed by atoms with Crippen LogP contribution in [0.15, 0.2) is 22.7 Å². The highest BCUT2D eigenvalue weighted by atomic mass is 79.9. The number of hydrogen-bond acceptors (Lipinski definition) is 2. The van der Waals surface area contributed by atoms with Crippen molar-refractivity contribution in [3.05, 3.63) is 34.1 Å². The Bertz CT molecular complexity index is 467. The van der Waals surface area contributed by atoms with E-state index >= 15 is 0 Å². The molecule has 0 atom stereocenters. The summed E-state index contributed by atoms with van der Waals surface area (Å²) in [6.07, 6.45) is 0.779. The van der Waals surface area contributed by atoms with Crippen LogP contribution in [0, 0.1) is 5.82 Å². The standard InChI is InChI=1S/C12H14BrFN2OS/c1-2-6-16(7-10(15)18)12(17)8-4-3-5-9(14)11(8)13/h3-5H,2,6-7H2,1H3,(H2,15,18). The summed E-state index contributed by atoms with van der Waals surface area (Å²) in [5, 5.41) is 0. The number of benzene rings is 1. The molecule has 2 N–H and O–H groups in total. The monoisotopic (exact) mass is 332 g/mol. The smallest absolute Gasteiger partial charge is 0.255 e. The van der Waals surface area contributed by atoms with Gasteiger partial charge in [-0.25, -0.2) is 4.39 Å². The summed E-state index contributed by atoms with van der Waals surface area (Å²) in [5.41, 5.74) is 5.74. The van der Waals surface area contributed by atoms with Gasteiger partial charge < -0.3 is 10.6 Å². The van der Waals surface area contributed by atoms with Gasteiger partial charge in [0.05, 0.1) is 21.6 Å². The van der Waals surface area contributed by atoms with Gasteiger partial charge in [-0.1, -0.05) is 25.2 Å². The van der Waals surface area contributed by atoms with Gasteiger partial charge in [-0.3, -0.25) is 4.79 Å². The summed E-state index contributed by atoms with van der Waals surface area (Å²) in [7, 11) is 0. The molecule has 1 aromatic carbocycles. The Kier molecular flexibility index (Phi) is 5.68. The predicted molar refractivity (Wildman–Crippen MR) is 77.1 cm³/mol. The molecule has 1 rings (SSSR count). The largest absolute Gasteiger partial charge is 0.392 e. The Hall–Kier alpha value is -1.01. The molecule has 1 aromatic rings. The van der Waals surface area contributed by atoms with Crippen molar-refractivity contribution in [3.63, 3.8) is 0 Å². The second kappa shape index (κ2) is 6.80. The maximum atomic E-state index is 13.4. The van der Waals surface area contributed by atoms with Gasteiger partial charge in [0, 0.05) is 6.54 Å². The first kappa shape index (κ1) is 15.0. The van der Waals surface area contributed by atoms with Gasteiger partial charge in [0.15, 0.2) is 0 Å². The Morgan fingerprint density at radius 2 is 2.22 bits per heavy atom. The zero-order chi connectivity index (χ0) is 13.7. The number of thiocarbonyl (C=S) groups is 1. The average Bonchev–Trinajstić information content (AvgIpc) is 2.31. The number of rotatable bonds is 5.